The second-order valence-electron chi connectivity index (χ2n) is 11.2. The third kappa shape index (κ3) is 4.93. The Labute approximate surface area is 217 Å². The zero-order valence-corrected chi connectivity index (χ0v) is 22.1. The van der Waals surface area contributed by atoms with E-state index >= 15 is 0 Å². The summed E-state index contributed by atoms with van der Waals surface area (Å²) >= 11 is 0. The molecule has 1 N–H and O–H groups in total. The Kier molecular flexibility index (Phi) is 6.69. The fraction of sp³-hybridized carbons (Fsp3) is 0.533. The number of esters is 1. The normalized spacial score (nSPS) is 30.9. The highest BCUT2D eigenvalue weighted by Crippen LogP contribution is 2.49. The summed E-state index contributed by atoms with van der Waals surface area (Å²) < 4.78 is 22.5. The number of hydrogen-bond donors (Lipinski definition) is 1. The molecule has 2 aromatic rings. The standard InChI is InChI=1S/C15H16O4.C15H20O3/c1-8-3-4-10-12(18-7-8)6-13-14(15(10)17)11(16)5-9(2)19-13;1-9-5-4-8-15(3)13(18-15)12-11(7-6-9)10(2)14(16)17-12/h5-6,8,17H,3-4,7H2,1-2H3;5,11-13H,2,4,6-8H2,1,3H3. The third-order valence-electron chi connectivity index (χ3n) is 8.16. The lowest BCUT2D eigenvalue weighted by Crippen LogP contribution is -2.28. The molecule has 3 aliphatic heterocycles. The lowest BCUT2D eigenvalue weighted by atomic mass is 9.84. The van der Waals surface area contributed by atoms with Gasteiger partial charge in [-0.3, -0.25) is 4.79 Å². The van der Waals surface area contributed by atoms with Crippen molar-refractivity contribution in [2.45, 2.75) is 84.0 Å². The minimum atomic E-state index is -0.233. The van der Waals surface area contributed by atoms with Crippen molar-refractivity contribution in [3.63, 3.8) is 0 Å². The molecule has 1 aliphatic carbocycles. The number of fused-ring (bicyclic) bond motifs is 5. The minimum Gasteiger partial charge on any atom is -0.507 e. The van der Waals surface area contributed by atoms with Crippen molar-refractivity contribution in [3.05, 3.63) is 57.5 Å². The number of phenolic OH excluding ortho intramolecular Hbond substituents is 1. The van der Waals surface area contributed by atoms with Crippen LogP contribution in [0, 0.1) is 18.8 Å². The van der Waals surface area contributed by atoms with Crippen LogP contribution in [0.5, 0.6) is 11.5 Å². The minimum absolute atomic E-state index is 0.00958. The molecule has 4 heterocycles. The number of carbonyl (C=O) groups is 1. The van der Waals surface area contributed by atoms with Gasteiger partial charge in [0.15, 0.2) is 5.43 Å². The monoisotopic (exact) mass is 508 g/mol. The number of carbonyl (C=O) groups excluding carboxylic acids is 1. The van der Waals surface area contributed by atoms with Crippen LogP contribution in [0.4, 0.5) is 0 Å². The van der Waals surface area contributed by atoms with Crippen LogP contribution in [0.1, 0.15) is 64.2 Å². The molecule has 5 atom stereocenters. The van der Waals surface area contributed by atoms with Crippen LogP contribution in [0.2, 0.25) is 0 Å². The average Bonchev–Trinajstić information content (AvgIpc) is 3.47. The Morgan fingerprint density at radius 2 is 1.92 bits per heavy atom. The molecule has 7 heteroatoms. The number of benzene rings is 1. The maximum Gasteiger partial charge on any atom is 0.334 e. The van der Waals surface area contributed by atoms with E-state index in [-0.39, 0.29) is 46.3 Å². The van der Waals surface area contributed by atoms with Gasteiger partial charge in [-0.05, 0) is 65.2 Å². The molecule has 198 valence electrons. The van der Waals surface area contributed by atoms with E-state index < -0.39 is 0 Å². The van der Waals surface area contributed by atoms with Gasteiger partial charge in [-0.2, -0.15) is 0 Å². The predicted molar refractivity (Wildman–Crippen MR) is 140 cm³/mol. The first-order chi connectivity index (χ1) is 17.6. The Bertz CT molecular complexity index is 1340. The maximum atomic E-state index is 12.0. The largest absolute Gasteiger partial charge is 0.507 e. The van der Waals surface area contributed by atoms with Crippen LogP contribution in [0.15, 0.2) is 45.1 Å². The Morgan fingerprint density at radius 1 is 1.14 bits per heavy atom. The van der Waals surface area contributed by atoms with Crippen LogP contribution in [-0.2, 0) is 20.7 Å². The van der Waals surface area contributed by atoms with Gasteiger partial charge < -0.3 is 23.7 Å². The number of aromatic hydroxyl groups is 1. The lowest BCUT2D eigenvalue weighted by molar-refractivity contribution is -0.140. The number of phenols is 1. The summed E-state index contributed by atoms with van der Waals surface area (Å²) in [5, 5.41) is 10.6. The summed E-state index contributed by atoms with van der Waals surface area (Å²) in [6, 6.07) is 3.12. The summed E-state index contributed by atoms with van der Waals surface area (Å²) in [6.07, 6.45) is 7.90. The summed E-state index contributed by atoms with van der Waals surface area (Å²) in [6.45, 7) is 12.6. The van der Waals surface area contributed by atoms with Gasteiger partial charge in [0.2, 0.25) is 0 Å². The molecule has 6 rings (SSSR count). The van der Waals surface area contributed by atoms with E-state index in [1.165, 1.54) is 11.6 Å². The second kappa shape index (κ2) is 9.67. The summed E-state index contributed by atoms with van der Waals surface area (Å²) in [4.78, 5) is 23.7. The van der Waals surface area contributed by atoms with E-state index in [2.05, 4.69) is 33.4 Å². The molecule has 1 aromatic carbocycles. The quantitative estimate of drug-likeness (QED) is 0.216. The van der Waals surface area contributed by atoms with Crippen molar-refractivity contribution >= 4 is 16.9 Å². The van der Waals surface area contributed by atoms with Crippen LogP contribution in [0.3, 0.4) is 0 Å². The van der Waals surface area contributed by atoms with E-state index in [9.17, 15) is 14.7 Å². The van der Waals surface area contributed by atoms with Gasteiger partial charge in [0.1, 0.15) is 40.4 Å². The van der Waals surface area contributed by atoms with Crippen molar-refractivity contribution in [1.29, 1.82) is 0 Å². The lowest BCUT2D eigenvalue weighted by Gasteiger charge is -2.19. The van der Waals surface area contributed by atoms with E-state index in [0.29, 0.717) is 47.2 Å². The molecule has 2 saturated heterocycles. The number of allylic oxidation sites excluding steroid dienone is 2. The molecule has 0 saturated carbocycles. The number of epoxide rings is 1. The first kappa shape index (κ1) is 25.6. The highest BCUT2D eigenvalue weighted by atomic mass is 16.6. The average molecular weight is 509 g/mol. The first-order valence-corrected chi connectivity index (χ1v) is 13.2. The van der Waals surface area contributed by atoms with Gasteiger partial charge in [-0.25, -0.2) is 4.79 Å². The highest BCUT2D eigenvalue weighted by Gasteiger charge is 2.61. The zero-order valence-electron chi connectivity index (χ0n) is 22.1. The van der Waals surface area contributed by atoms with E-state index in [1.54, 1.807) is 13.0 Å². The molecule has 1 aromatic heterocycles. The smallest absolute Gasteiger partial charge is 0.334 e. The van der Waals surface area contributed by atoms with Crippen molar-refractivity contribution in [3.8, 4) is 11.5 Å². The molecule has 5 unspecified atom stereocenters. The van der Waals surface area contributed by atoms with Crippen molar-refractivity contribution in [2.24, 2.45) is 11.8 Å². The molecule has 0 bridgehead atoms. The maximum absolute atomic E-state index is 12.0. The third-order valence-corrected chi connectivity index (χ3v) is 8.16. The molecule has 0 spiro atoms. The number of hydrogen-bond acceptors (Lipinski definition) is 7. The molecule has 4 aliphatic rings. The Hall–Kier alpha value is -3.06. The fourth-order valence-electron chi connectivity index (χ4n) is 5.72. The second-order valence-corrected chi connectivity index (χ2v) is 11.2. The molecule has 0 radical (unpaired) electrons. The van der Waals surface area contributed by atoms with Gasteiger partial charge in [-0.15, -0.1) is 0 Å². The van der Waals surface area contributed by atoms with Gasteiger partial charge in [0.05, 0.1) is 12.2 Å². The van der Waals surface area contributed by atoms with E-state index in [1.807, 2.05) is 0 Å². The number of aryl methyl sites for hydroxylation is 1. The van der Waals surface area contributed by atoms with Crippen molar-refractivity contribution in [2.75, 3.05) is 6.61 Å². The van der Waals surface area contributed by atoms with Crippen LogP contribution >= 0.6 is 0 Å². The molecule has 2 fully saturated rings. The van der Waals surface area contributed by atoms with Crippen LogP contribution < -0.4 is 10.2 Å². The van der Waals surface area contributed by atoms with Gasteiger partial charge in [0.25, 0.3) is 0 Å². The number of ether oxygens (including phenoxy) is 3. The molecular formula is C30H36O7. The molecule has 0 amide bonds. The molecular weight excluding hydrogens is 472 g/mol. The van der Waals surface area contributed by atoms with E-state index in [4.69, 9.17) is 18.6 Å². The van der Waals surface area contributed by atoms with E-state index in [0.717, 1.165) is 32.1 Å². The highest BCUT2D eigenvalue weighted by molar-refractivity contribution is 5.91. The van der Waals surface area contributed by atoms with Gasteiger partial charge >= 0.3 is 5.97 Å². The summed E-state index contributed by atoms with van der Waals surface area (Å²) in [7, 11) is 0. The van der Waals surface area contributed by atoms with Crippen LogP contribution in [-0.4, -0.2) is 35.5 Å². The van der Waals surface area contributed by atoms with Gasteiger partial charge in [0, 0.05) is 29.2 Å². The summed E-state index contributed by atoms with van der Waals surface area (Å²) in [5.41, 5.74) is 2.80. The first-order valence-electron chi connectivity index (χ1n) is 13.2. The predicted octanol–water partition coefficient (Wildman–Crippen LogP) is 5.53. The molecule has 37 heavy (non-hydrogen) atoms. The Balaban J connectivity index is 0.000000152. The SMILES string of the molecule is C=C1C(=O)OC2C1CCC(C)=CCCC1(C)OC21.Cc1cc(=O)c2c(O)c3c(cc2o1)OCC(C)CC3. The summed E-state index contributed by atoms with van der Waals surface area (Å²) in [5.74, 6) is 1.49. The van der Waals surface area contributed by atoms with Crippen molar-refractivity contribution in [1.82, 2.24) is 0 Å². The van der Waals surface area contributed by atoms with Gasteiger partial charge in [-0.1, -0.05) is 25.2 Å². The zero-order chi connectivity index (χ0) is 26.5. The van der Waals surface area contributed by atoms with Crippen molar-refractivity contribution < 1.29 is 28.5 Å². The topological polar surface area (TPSA) is 98.5 Å². The Morgan fingerprint density at radius 3 is 2.70 bits per heavy atom. The fourth-order valence-corrected chi connectivity index (χ4v) is 5.72. The number of rotatable bonds is 0. The molecule has 7 nitrogen and oxygen atoms in total. The van der Waals surface area contributed by atoms with Crippen LogP contribution in [0.25, 0.3) is 11.0 Å².